The van der Waals surface area contributed by atoms with Crippen LogP contribution in [0.1, 0.15) is 0 Å². The molecule has 0 radical (unpaired) electrons. The van der Waals surface area contributed by atoms with Crippen LogP contribution in [0.3, 0.4) is 0 Å². The molecule has 21 aromatic rings. The number of nitrogens with zero attached hydrogens (tertiary/aromatic N) is 3. The molecule has 0 spiro atoms. The highest BCUT2D eigenvalue weighted by atomic mass is 15.2. The molecule has 2 aliphatic heterocycles. The Morgan fingerprint density at radius 2 is 0.354 bits per heavy atom. The number of benzene rings is 21. The number of hydrogen-bond acceptors (Lipinski definition) is 3. The molecule has 0 amide bonds. The minimum absolute atomic E-state index is 0.343. The van der Waals surface area contributed by atoms with E-state index < -0.39 is 0 Å². The maximum Gasteiger partial charge on any atom is 0.252 e. The summed E-state index contributed by atoms with van der Waals surface area (Å²) in [6, 6.07) is 194. The number of rotatable bonds is 19. The molecular weight excluding hydrogens is 1570 g/mol. The summed E-state index contributed by atoms with van der Waals surface area (Å²) in [6.45, 7) is -0.343. The minimum Gasteiger partial charge on any atom is -0.311 e. The molecule has 0 saturated heterocycles. The molecular formula is C126H86BN3. The third-order valence-corrected chi connectivity index (χ3v) is 26.0. The molecule has 0 N–H and O–H groups in total. The maximum absolute atomic E-state index is 2.65. The maximum atomic E-state index is 2.65. The molecule has 3 nitrogen and oxygen atoms in total. The van der Waals surface area contributed by atoms with Crippen LogP contribution in [0.4, 0.5) is 51.2 Å². The van der Waals surface area contributed by atoms with Crippen LogP contribution >= 0.6 is 0 Å². The second-order valence-corrected chi connectivity index (χ2v) is 33.8. The van der Waals surface area contributed by atoms with Gasteiger partial charge in [0.25, 0.3) is 6.71 Å². The average molecular weight is 1650 g/mol. The first-order valence-electron chi connectivity index (χ1n) is 44.9. The predicted molar refractivity (Wildman–Crippen MR) is 551 cm³/mol. The highest BCUT2D eigenvalue weighted by molar-refractivity contribution is 7.00. The number of anilines is 9. The molecule has 0 fully saturated rings. The van der Waals surface area contributed by atoms with E-state index in [9.17, 15) is 0 Å². The molecule has 0 aromatic heterocycles. The fraction of sp³-hybridized carbons (Fsp3) is 0. The van der Waals surface area contributed by atoms with Crippen LogP contribution in [-0.4, -0.2) is 6.71 Å². The number of fused-ring (bicyclic) bond motifs is 4. The summed E-state index contributed by atoms with van der Waals surface area (Å²) in [7, 11) is 0. The van der Waals surface area contributed by atoms with Gasteiger partial charge < -0.3 is 14.7 Å². The molecule has 2 heterocycles. The van der Waals surface area contributed by atoms with Crippen molar-refractivity contribution in [1.29, 1.82) is 0 Å². The van der Waals surface area contributed by atoms with Crippen molar-refractivity contribution >= 4 is 74.3 Å². The molecule has 0 bridgehead atoms. The van der Waals surface area contributed by atoms with Gasteiger partial charge in [0, 0.05) is 45.5 Å². The lowest BCUT2D eigenvalue weighted by atomic mass is 9.33. The molecule has 4 heteroatoms. The number of hydrogen-bond donors (Lipinski definition) is 0. The van der Waals surface area contributed by atoms with Gasteiger partial charge in [-0.3, -0.25) is 0 Å². The van der Waals surface area contributed by atoms with E-state index in [0.717, 1.165) is 207 Å². The Morgan fingerprint density at radius 1 is 0.146 bits per heavy atom. The lowest BCUT2D eigenvalue weighted by molar-refractivity contribution is 1.23. The first-order valence-corrected chi connectivity index (χ1v) is 44.9. The molecule has 0 aliphatic carbocycles. The Morgan fingerprint density at radius 3 is 0.608 bits per heavy atom. The quantitative estimate of drug-likeness (QED) is 0.0747. The van der Waals surface area contributed by atoms with Crippen molar-refractivity contribution in [1.82, 2.24) is 0 Å². The molecule has 2 aliphatic rings. The fourth-order valence-electron chi connectivity index (χ4n) is 19.9. The third kappa shape index (κ3) is 14.9. The van der Waals surface area contributed by atoms with Gasteiger partial charge in [-0.1, -0.05) is 413 Å². The van der Waals surface area contributed by atoms with Crippen LogP contribution in [-0.2, 0) is 0 Å². The van der Waals surface area contributed by atoms with Crippen molar-refractivity contribution < 1.29 is 0 Å². The summed E-state index contributed by atoms with van der Waals surface area (Å²) in [6.07, 6.45) is 0. The van der Waals surface area contributed by atoms with E-state index in [2.05, 4.69) is 536 Å². The van der Waals surface area contributed by atoms with E-state index in [1.807, 2.05) is 0 Å². The van der Waals surface area contributed by atoms with E-state index in [1.54, 1.807) is 0 Å². The standard InChI is InChI=1S/C126H86BN3/c1-13-37-87(38-14-1)95-61-67-109(68-62-95)128(110-69-63-96(64-70-110)88-39-15-2-16-40-88)113-85-122-126-123(86-113)130(112-83-116(99-57-33-11-34-58-99)125(117(84-112)100-59-35-12-36-60-100)108-77-105(93-49-25-7-26-50-93)74-106(78-108)94-51-27-8-28-52-94)121-72-66-102(90-43-19-4-20-44-90)80-119(121)127(126)118-79-101(89-41-17-3-18-42-89)65-71-120(118)129(122)111-81-114(97-53-29-9-30-54-97)124(115(82-111)98-55-31-10-32-56-98)107-75-103(91-45-21-5-22-46-91)73-104(76-107)92-47-23-6-24-48-92/h1-86H. The van der Waals surface area contributed by atoms with Crippen LogP contribution < -0.4 is 31.1 Å². The average Bonchev–Trinajstić information content (AvgIpc) is 0.688. The largest absolute Gasteiger partial charge is 0.311 e. The van der Waals surface area contributed by atoms with Crippen molar-refractivity contribution in [2.45, 2.75) is 0 Å². The van der Waals surface area contributed by atoms with Gasteiger partial charge in [0.2, 0.25) is 0 Å². The van der Waals surface area contributed by atoms with Crippen molar-refractivity contribution in [3.05, 3.63) is 522 Å². The Kier molecular flexibility index (Phi) is 20.5. The second-order valence-electron chi connectivity index (χ2n) is 33.8. The summed E-state index contributed by atoms with van der Waals surface area (Å²) in [5.41, 5.74) is 44.3. The van der Waals surface area contributed by atoms with E-state index in [4.69, 9.17) is 0 Å². The highest BCUT2D eigenvalue weighted by Crippen LogP contribution is 2.55. The molecule has 23 rings (SSSR count). The minimum atomic E-state index is -0.343. The SMILES string of the molecule is c1ccc(-c2ccc(N(c3ccc(-c4ccccc4)cc3)c3cc4c5c(c3)N(c3cc(-c6ccccc6)c(-c6cc(-c7ccccc7)cc(-c7ccccc7)c6)c(-c6ccccc6)c3)c3ccc(-c6ccccc6)cc3B5c3cc(-c5ccccc5)ccc3N4c3cc(-c4ccccc4)c(-c4cc(-c5ccccc5)cc(-c5ccccc5)c4)c(-c4ccccc4)c3)cc2)cc1. The van der Waals surface area contributed by atoms with E-state index >= 15 is 0 Å². The topological polar surface area (TPSA) is 9.72 Å². The molecule has 0 saturated carbocycles. The van der Waals surface area contributed by atoms with Crippen molar-refractivity contribution in [2.24, 2.45) is 0 Å². The molecule has 130 heavy (non-hydrogen) atoms. The first-order chi connectivity index (χ1) is 64.5. The van der Waals surface area contributed by atoms with E-state index in [-0.39, 0.29) is 6.71 Å². The van der Waals surface area contributed by atoms with E-state index in [0.29, 0.717) is 0 Å². The van der Waals surface area contributed by atoms with Gasteiger partial charge in [0.05, 0.1) is 5.69 Å². The summed E-state index contributed by atoms with van der Waals surface area (Å²) < 4.78 is 0. The van der Waals surface area contributed by atoms with Crippen LogP contribution in [0.15, 0.2) is 522 Å². The zero-order chi connectivity index (χ0) is 86.2. The second kappa shape index (κ2) is 34.2. The van der Waals surface area contributed by atoms with Gasteiger partial charge >= 0.3 is 0 Å². The fourth-order valence-corrected chi connectivity index (χ4v) is 19.9. The highest BCUT2D eigenvalue weighted by Gasteiger charge is 2.45. The Hall–Kier alpha value is -16.9. The van der Waals surface area contributed by atoms with Crippen LogP contribution in [0.2, 0.25) is 0 Å². The van der Waals surface area contributed by atoms with Crippen LogP contribution in [0.5, 0.6) is 0 Å². The Labute approximate surface area is 761 Å². The van der Waals surface area contributed by atoms with Gasteiger partial charge in [-0.05, 0) is 281 Å². The molecule has 0 unspecified atom stereocenters. The summed E-state index contributed by atoms with van der Waals surface area (Å²) in [5.74, 6) is 0. The summed E-state index contributed by atoms with van der Waals surface area (Å²) >= 11 is 0. The van der Waals surface area contributed by atoms with Gasteiger partial charge in [-0.15, -0.1) is 0 Å². The summed E-state index contributed by atoms with van der Waals surface area (Å²) in [4.78, 5) is 7.81. The first kappa shape index (κ1) is 77.9. The smallest absolute Gasteiger partial charge is 0.252 e. The van der Waals surface area contributed by atoms with Crippen molar-refractivity contribution in [3.63, 3.8) is 0 Å². The zero-order valence-electron chi connectivity index (χ0n) is 71.6. The van der Waals surface area contributed by atoms with E-state index in [1.165, 1.54) is 16.4 Å². The molecule has 608 valence electrons. The third-order valence-electron chi connectivity index (χ3n) is 26.0. The van der Waals surface area contributed by atoms with Crippen LogP contribution in [0, 0.1) is 0 Å². The van der Waals surface area contributed by atoms with Gasteiger partial charge in [-0.25, -0.2) is 0 Å². The normalized spacial score (nSPS) is 11.8. The lowest BCUT2D eigenvalue weighted by Crippen LogP contribution is -2.61. The van der Waals surface area contributed by atoms with Gasteiger partial charge in [0.15, 0.2) is 0 Å². The van der Waals surface area contributed by atoms with Gasteiger partial charge in [0.1, 0.15) is 0 Å². The summed E-state index contributed by atoms with van der Waals surface area (Å²) in [5, 5.41) is 0. The Bertz CT molecular complexity index is 6990. The van der Waals surface area contributed by atoms with Crippen molar-refractivity contribution in [3.8, 4) is 156 Å². The zero-order valence-corrected chi connectivity index (χ0v) is 71.6. The lowest BCUT2D eigenvalue weighted by Gasteiger charge is -2.45. The Balaban J connectivity index is 0.867. The molecule has 0 atom stereocenters. The van der Waals surface area contributed by atoms with Crippen LogP contribution in [0.25, 0.3) is 156 Å². The monoisotopic (exact) mass is 1650 g/mol. The van der Waals surface area contributed by atoms with Crippen molar-refractivity contribution in [2.75, 3.05) is 14.7 Å². The molecule has 21 aromatic carbocycles. The predicted octanol–water partition coefficient (Wildman–Crippen LogP) is 32.6. The van der Waals surface area contributed by atoms with Gasteiger partial charge in [-0.2, -0.15) is 0 Å².